The van der Waals surface area contributed by atoms with E-state index in [1.54, 1.807) is 18.2 Å². The molecule has 0 saturated heterocycles. The molecule has 3 nitrogen and oxygen atoms in total. The lowest BCUT2D eigenvalue weighted by atomic mass is 10.3. The van der Waals surface area contributed by atoms with Crippen LogP contribution in [0.3, 0.4) is 0 Å². The van der Waals surface area contributed by atoms with Crippen molar-refractivity contribution in [3.63, 3.8) is 0 Å². The molecule has 20 heavy (non-hydrogen) atoms. The molecule has 0 spiro atoms. The summed E-state index contributed by atoms with van der Waals surface area (Å²) >= 11 is 13.0. The van der Waals surface area contributed by atoms with Gasteiger partial charge in [0.1, 0.15) is 10.6 Å². The van der Waals surface area contributed by atoms with Crippen molar-refractivity contribution in [2.75, 3.05) is 5.75 Å². The highest BCUT2D eigenvalue weighted by molar-refractivity contribution is 7.92. The van der Waals surface area contributed by atoms with E-state index in [-0.39, 0.29) is 14.9 Å². The molecule has 1 aromatic carbocycles. The monoisotopic (exact) mass is 348 g/mol. The highest BCUT2D eigenvalue weighted by Gasteiger charge is 2.26. The molecular formula is C13H10Cl2O3S2. The fraction of sp³-hybridized carbons (Fsp3) is 0.154. The van der Waals surface area contributed by atoms with Crippen molar-refractivity contribution < 1.29 is 13.2 Å². The number of Topliss-reactive ketones (excluding diaryl/α,β-unsaturated/α-hetero) is 1. The van der Waals surface area contributed by atoms with Crippen LogP contribution in [0.1, 0.15) is 14.5 Å². The summed E-state index contributed by atoms with van der Waals surface area (Å²) in [5.41, 5.74) is 0. The molecule has 0 fully saturated rings. The second-order valence-electron chi connectivity index (χ2n) is 4.14. The van der Waals surface area contributed by atoms with Gasteiger partial charge in [0.2, 0.25) is 0 Å². The van der Waals surface area contributed by atoms with Crippen molar-refractivity contribution in [3.05, 3.63) is 50.1 Å². The lowest BCUT2D eigenvalue weighted by Gasteiger charge is -2.07. The molecule has 1 heterocycles. The molecule has 0 radical (unpaired) electrons. The Kier molecular flexibility index (Phi) is 4.54. The van der Waals surface area contributed by atoms with Crippen LogP contribution in [0.2, 0.25) is 10.0 Å². The maximum Gasteiger partial charge on any atom is 0.188 e. The number of hydrogen-bond acceptors (Lipinski definition) is 4. The van der Waals surface area contributed by atoms with Crippen molar-refractivity contribution in [3.8, 4) is 0 Å². The van der Waals surface area contributed by atoms with Crippen molar-refractivity contribution in [1.29, 1.82) is 0 Å². The average molecular weight is 349 g/mol. The van der Waals surface area contributed by atoms with Crippen LogP contribution in [0.25, 0.3) is 0 Å². The number of ketones is 1. The van der Waals surface area contributed by atoms with E-state index >= 15 is 0 Å². The van der Waals surface area contributed by atoms with E-state index in [2.05, 4.69) is 0 Å². The van der Waals surface area contributed by atoms with E-state index < -0.39 is 21.4 Å². The van der Waals surface area contributed by atoms with Crippen LogP contribution in [-0.2, 0) is 9.84 Å². The summed E-state index contributed by atoms with van der Waals surface area (Å²) in [7, 11) is -3.87. The van der Waals surface area contributed by atoms with E-state index in [0.29, 0.717) is 4.88 Å². The van der Waals surface area contributed by atoms with Gasteiger partial charge in [0, 0.05) is 4.88 Å². The van der Waals surface area contributed by atoms with Gasteiger partial charge in [-0.1, -0.05) is 29.3 Å². The molecule has 0 unspecified atom stereocenters. The van der Waals surface area contributed by atoms with Gasteiger partial charge < -0.3 is 0 Å². The molecule has 0 atom stereocenters. The first kappa shape index (κ1) is 15.5. The van der Waals surface area contributed by atoms with Crippen molar-refractivity contribution in [1.82, 2.24) is 0 Å². The van der Waals surface area contributed by atoms with Crippen molar-refractivity contribution in [2.45, 2.75) is 11.8 Å². The predicted octanol–water partition coefficient (Wildman–Crippen LogP) is 4.02. The average Bonchev–Trinajstić information content (AvgIpc) is 2.74. The Morgan fingerprint density at radius 1 is 1.15 bits per heavy atom. The summed E-state index contributed by atoms with van der Waals surface area (Å²) in [5.74, 6) is -1.10. The molecule has 0 amide bonds. The molecule has 1 aromatic heterocycles. The fourth-order valence-corrected chi connectivity index (χ4v) is 5.05. The van der Waals surface area contributed by atoms with E-state index in [4.69, 9.17) is 23.2 Å². The number of thiophene rings is 1. The molecular weight excluding hydrogens is 339 g/mol. The van der Waals surface area contributed by atoms with E-state index in [1.165, 1.54) is 23.5 Å². The minimum atomic E-state index is -3.87. The number of halogens is 2. The third-order valence-corrected chi connectivity index (χ3v) is 6.17. The van der Waals surface area contributed by atoms with Gasteiger partial charge in [-0.3, -0.25) is 4.79 Å². The maximum absolute atomic E-state index is 12.3. The first-order valence-corrected chi connectivity index (χ1v) is 8.80. The lowest BCUT2D eigenvalue weighted by Crippen LogP contribution is -2.16. The standard InChI is InChI=1S/C13H10Cl2O3S2/c1-8-5-6-12(19-8)11(16)7-20(17,18)13-9(14)3-2-4-10(13)15/h2-6H,7H2,1H3. The van der Waals surface area contributed by atoms with E-state index in [0.717, 1.165) is 4.88 Å². The summed E-state index contributed by atoms with van der Waals surface area (Å²) < 4.78 is 24.6. The highest BCUT2D eigenvalue weighted by atomic mass is 35.5. The van der Waals surface area contributed by atoms with Gasteiger partial charge in [-0.15, -0.1) is 11.3 Å². The summed E-state index contributed by atoms with van der Waals surface area (Å²) in [6.45, 7) is 1.85. The molecule has 0 aliphatic carbocycles. The van der Waals surface area contributed by atoms with Gasteiger partial charge in [0.05, 0.1) is 14.9 Å². The van der Waals surface area contributed by atoms with Gasteiger partial charge in [0.25, 0.3) is 0 Å². The second-order valence-corrected chi connectivity index (χ2v) is 8.17. The summed E-state index contributed by atoms with van der Waals surface area (Å²) in [4.78, 5) is 13.2. The fourth-order valence-electron chi connectivity index (χ4n) is 1.68. The third-order valence-electron chi connectivity index (χ3n) is 2.57. The van der Waals surface area contributed by atoms with Gasteiger partial charge >= 0.3 is 0 Å². The zero-order chi connectivity index (χ0) is 14.9. The molecule has 7 heteroatoms. The van der Waals surface area contributed by atoms with Crippen molar-refractivity contribution >= 4 is 50.2 Å². The van der Waals surface area contributed by atoms with Crippen LogP contribution in [0, 0.1) is 6.92 Å². The summed E-state index contributed by atoms with van der Waals surface area (Å²) in [6.07, 6.45) is 0. The molecule has 2 aromatic rings. The van der Waals surface area contributed by atoms with Crippen molar-refractivity contribution in [2.24, 2.45) is 0 Å². The Balaban J connectivity index is 2.35. The van der Waals surface area contributed by atoms with Gasteiger partial charge in [-0.05, 0) is 31.2 Å². The smallest absolute Gasteiger partial charge is 0.188 e. The summed E-state index contributed by atoms with van der Waals surface area (Å²) in [6, 6.07) is 7.80. The number of benzene rings is 1. The predicted molar refractivity (Wildman–Crippen MR) is 81.9 cm³/mol. The Bertz CT molecular complexity index is 743. The number of carbonyl (C=O) groups is 1. The van der Waals surface area contributed by atoms with Crippen LogP contribution in [0.4, 0.5) is 0 Å². The van der Waals surface area contributed by atoms with E-state index in [1.807, 2.05) is 6.92 Å². The normalized spacial score (nSPS) is 11.6. The zero-order valence-corrected chi connectivity index (χ0v) is 13.5. The molecule has 0 aliphatic heterocycles. The lowest BCUT2D eigenvalue weighted by molar-refractivity contribution is 0.102. The number of rotatable bonds is 4. The number of carbonyl (C=O) groups excluding carboxylic acids is 1. The van der Waals surface area contributed by atoms with Crippen LogP contribution < -0.4 is 0 Å². The molecule has 0 bridgehead atoms. The minimum absolute atomic E-state index is 0.0210. The third kappa shape index (κ3) is 3.23. The van der Waals surface area contributed by atoms with Crippen LogP contribution in [0.15, 0.2) is 35.2 Å². The number of sulfone groups is 1. The van der Waals surface area contributed by atoms with Crippen LogP contribution in [0.5, 0.6) is 0 Å². The molecule has 2 rings (SSSR count). The van der Waals surface area contributed by atoms with Gasteiger partial charge in [-0.2, -0.15) is 0 Å². The summed E-state index contributed by atoms with van der Waals surface area (Å²) in [5, 5.41) is 0.0420. The van der Waals surface area contributed by atoms with Crippen LogP contribution in [-0.4, -0.2) is 20.0 Å². The van der Waals surface area contributed by atoms with Gasteiger partial charge in [-0.25, -0.2) is 8.42 Å². The van der Waals surface area contributed by atoms with Gasteiger partial charge in [0.15, 0.2) is 15.6 Å². The molecule has 0 saturated carbocycles. The quantitative estimate of drug-likeness (QED) is 0.784. The molecule has 0 aliphatic rings. The number of hydrogen-bond donors (Lipinski definition) is 0. The second kappa shape index (κ2) is 5.85. The zero-order valence-electron chi connectivity index (χ0n) is 10.4. The SMILES string of the molecule is Cc1ccc(C(=O)CS(=O)(=O)c2c(Cl)cccc2Cl)s1. The first-order valence-electron chi connectivity index (χ1n) is 5.57. The first-order chi connectivity index (χ1) is 9.31. The highest BCUT2D eigenvalue weighted by Crippen LogP contribution is 2.30. The Hall–Kier alpha value is -0.880. The Labute approximate surface area is 131 Å². The van der Waals surface area contributed by atoms with E-state index in [9.17, 15) is 13.2 Å². The maximum atomic E-state index is 12.3. The minimum Gasteiger partial charge on any atom is -0.292 e. The molecule has 106 valence electrons. The Morgan fingerprint density at radius 3 is 2.25 bits per heavy atom. The number of aryl methyl sites for hydroxylation is 1. The van der Waals surface area contributed by atoms with Crippen LogP contribution >= 0.6 is 34.5 Å². The topological polar surface area (TPSA) is 51.2 Å². The largest absolute Gasteiger partial charge is 0.292 e. The molecule has 0 N–H and O–H groups in total. The Morgan fingerprint density at radius 2 is 1.75 bits per heavy atom.